The van der Waals surface area contributed by atoms with Crippen LogP contribution in [0, 0.1) is 17.7 Å². The molecule has 8 heteroatoms. The number of halogens is 1. The number of piperidine rings is 3. The highest BCUT2D eigenvalue weighted by molar-refractivity contribution is 5.79. The first kappa shape index (κ1) is 20.6. The summed E-state index contributed by atoms with van der Waals surface area (Å²) < 4.78 is 15.0. The van der Waals surface area contributed by atoms with E-state index >= 15 is 0 Å². The van der Waals surface area contributed by atoms with Crippen molar-refractivity contribution >= 4 is 11.6 Å². The highest BCUT2D eigenvalue weighted by atomic mass is 19.1. The Labute approximate surface area is 186 Å². The van der Waals surface area contributed by atoms with Crippen molar-refractivity contribution in [1.82, 2.24) is 25.2 Å². The van der Waals surface area contributed by atoms with Gasteiger partial charge in [-0.3, -0.25) is 14.4 Å². The molecule has 3 fully saturated rings. The normalized spacial score (nSPS) is 24.4. The maximum absolute atomic E-state index is 13.1. The van der Waals surface area contributed by atoms with Gasteiger partial charge in [-0.1, -0.05) is 29.5 Å². The summed E-state index contributed by atoms with van der Waals surface area (Å²) in [6.45, 7) is 2.96. The van der Waals surface area contributed by atoms with Crippen LogP contribution in [0.25, 0.3) is 11.3 Å². The zero-order valence-electron chi connectivity index (χ0n) is 17.8. The molecule has 7 nitrogen and oxygen atoms in total. The number of fused-ring (bicyclic) bond motifs is 3. The van der Waals surface area contributed by atoms with Crippen molar-refractivity contribution in [2.24, 2.45) is 11.8 Å². The van der Waals surface area contributed by atoms with E-state index in [2.05, 4.69) is 20.5 Å². The van der Waals surface area contributed by atoms with E-state index in [-0.39, 0.29) is 17.6 Å². The van der Waals surface area contributed by atoms with Crippen molar-refractivity contribution in [3.8, 4) is 11.3 Å². The molecule has 3 saturated heterocycles. The molecule has 1 aromatic heterocycles. The van der Waals surface area contributed by atoms with Crippen molar-refractivity contribution in [2.75, 3.05) is 18.8 Å². The predicted molar refractivity (Wildman–Crippen MR) is 120 cm³/mol. The topological polar surface area (TPSA) is 89.1 Å². The smallest absolute Gasteiger partial charge is 0.224 e. The third kappa shape index (κ3) is 4.36. The number of carbonyl (C=O) groups is 1. The van der Waals surface area contributed by atoms with Crippen LogP contribution < -0.4 is 11.1 Å². The fraction of sp³-hybridized carbons (Fsp3) is 0.375. The number of hydrogen-bond donors (Lipinski definition) is 2. The van der Waals surface area contributed by atoms with Crippen molar-refractivity contribution in [3.63, 3.8) is 0 Å². The molecule has 1 unspecified atom stereocenters. The van der Waals surface area contributed by atoms with Gasteiger partial charge in [0.2, 0.25) is 5.91 Å². The van der Waals surface area contributed by atoms with Crippen molar-refractivity contribution in [3.05, 3.63) is 66.1 Å². The summed E-state index contributed by atoms with van der Waals surface area (Å²) in [6, 6.07) is 14.2. The first-order chi connectivity index (χ1) is 15.5. The molecule has 4 heterocycles. The number of benzene rings is 2. The third-order valence-electron chi connectivity index (χ3n) is 6.71. The number of anilines is 1. The lowest BCUT2D eigenvalue weighted by molar-refractivity contribution is -0.133. The molecule has 2 aromatic carbocycles. The largest absolute Gasteiger partial charge is 0.399 e. The lowest BCUT2D eigenvalue weighted by atomic mass is 9.75. The van der Waals surface area contributed by atoms with Crippen molar-refractivity contribution in [2.45, 2.75) is 32.0 Å². The van der Waals surface area contributed by atoms with Crippen LogP contribution in [0.5, 0.6) is 0 Å². The number of nitrogens with two attached hydrogens (primary N) is 1. The molecule has 32 heavy (non-hydrogen) atoms. The molecule has 3 aliphatic heterocycles. The van der Waals surface area contributed by atoms with Gasteiger partial charge in [0.1, 0.15) is 11.5 Å². The summed E-state index contributed by atoms with van der Waals surface area (Å²) in [7, 11) is 0. The maximum atomic E-state index is 13.1. The summed E-state index contributed by atoms with van der Waals surface area (Å²) >= 11 is 0. The van der Waals surface area contributed by atoms with Gasteiger partial charge < -0.3 is 11.1 Å². The zero-order valence-corrected chi connectivity index (χ0v) is 17.8. The quantitative estimate of drug-likeness (QED) is 0.583. The van der Waals surface area contributed by atoms with Gasteiger partial charge in [-0.05, 0) is 55.1 Å². The standard InChI is InChI=1S/C24H27FN6O/c25-19-6-4-16(5-7-19)12-27-24(32)22-14-30-9-8-17(22)11-21(30)13-31-15-23(28-29-31)18-2-1-3-20(26)10-18/h1-7,10,15,17,21-22H,8-9,11-14,26H2,(H,27,32)/t17-,21-,22+/m1/s1. The van der Waals surface area contributed by atoms with Crippen LogP contribution in [0.3, 0.4) is 0 Å². The van der Waals surface area contributed by atoms with E-state index in [0.29, 0.717) is 24.2 Å². The summed E-state index contributed by atoms with van der Waals surface area (Å²) in [4.78, 5) is 15.2. The van der Waals surface area contributed by atoms with Gasteiger partial charge in [-0.15, -0.1) is 5.10 Å². The molecule has 1 amide bonds. The number of rotatable bonds is 6. The Bertz CT molecular complexity index is 1100. The van der Waals surface area contributed by atoms with E-state index < -0.39 is 0 Å². The number of nitrogens with zero attached hydrogens (tertiary/aromatic N) is 4. The molecule has 3 aliphatic rings. The van der Waals surface area contributed by atoms with Crippen LogP contribution in [-0.2, 0) is 17.9 Å². The Morgan fingerprint density at radius 3 is 2.81 bits per heavy atom. The summed E-state index contributed by atoms with van der Waals surface area (Å²) in [5.41, 5.74) is 9.26. The van der Waals surface area contributed by atoms with Crippen molar-refractivity contribution < 1.29 is 9.18 Å². The van der Waals surface area contributed by atoms with E-state index in [4.69, 9.17) is 5.73 Å². The minimum Gasteiger partial charge on any atom is -0.399 e. The Morgan fingerprint density at radius 2 is 2.06 bits per heavy atom. The lowest BCUT2D eigenvalue weighted by Crippen LogP contribution is -2.57. The second-order valence-electron chi connectivity index (χ2n) is 8.84. The Kier molecular flexibility index (Phi) is 5.61. The maximum Gasteiger partial charge on any atom is 0.224 e. The molecule has 6 rings (SSSR count). The SMILES string of the molecule is Nc1cccc(-c2cn(C[C@H]3C[C@H]4CCN3C[C@@H]4C(=O)NCc3ccc(F)cc3)nn2)c1. The van der Waals surface area contributed by atoms with Gasteiger partial charge in [0, 0.05) is 30.4 Å². The van der Waals surface area contributed by atoms with E-state index in [1.807, 2.05) is 35.1 Å². The molecule has 3 N–H and O–H groups in total. The van der Waals surface area contributed by atoms with Crippen LogP contribution in [0.15, 0.2) is 54.7 Å². The second kappa shape index (κ2) is 8.70. The first-order valence-corrected chi connectivity index (χ1v) is 11.1. The van der Waals surface area contributed by atoms with E-state index in [9.17, 15) is 9.18 Å². The minimum atomic E-state index is -0.268. The number of nitrogens with one attached hydrogen (secondary N) is 1. The number of aromatic nitrogens is 3. The van der Waals surface area contributed by atoms with Crippen LogP contribution in [-0.4, -0.2) is 44.9 Å². The van der Waals surface area contributed by atoms with Gasteiger partial charge >= 0.3 is 0 Å². The fourth-order valence-electron chi connectivity index (χ4n) is 4.98. The molecular formula is C24H27FN6O. The predicted octanol–water partition coefficient (Wildman–Crippen LogP) is 2.69. The molecule has 2 bridgehead atoms. The van der Waals surface area contributed by atoms with Gasteiger partial charge in [0.25, 0.3) is 0 Å². The van der Waals surface area contributed by atoms with Gasteiger partial charge in [0.15, 0.2) is 0 Å². The Morgan fingerprint density at radius 1 is 1.22 bits per heavy atom. The third-order valence-corrected chi connectivity index (χ3v) is 6.71. The minimum absolute atomic E-state index is 0.000880. The fourth-order valence-corrected chi connectivity index (χ4v) is 4.98. The molecule has 3 aromatic rings. The summed E-state index contributed by atoms with van der Waals surface area (Å²) in [5, 5.41) is 11.7. The van der Waals surface area contributed by atoms with E-state index in [1.165, 1.54) is 12.1 Å². The van der Waals surface area contributed by atoms with Crippen LogP contribution in [0.1, 0.15) is 18.4 Å². The average molecular weight is 435 g/mol. The molecule has 0 saturated carbocycles. The second-order valence-corrected chi connectivity index (χ2v) is 8.84. The molecule has 4 atom stereocenters. The molecular weight excluding hydrogens is 407 g/mol. The molecule has 0 aliphatic carbocycles. The first-order valence-electron chi connectivity index (χ1n) is 11.1. The highest BCUT2D eigenvalue weighted by Crippen LogP contribution is 2.37. The Hall–Kier alpha value is -3.26. The lowest BCUT2D eigenvalue weighted by Gasteiger charge is -2.49. The molecule has 166 valence electrons. The average Bonchev–Trinajstić information content (AvgIpc) is 3.27. The summed E-state index contributed by atoms with van der Waals surface area (Å²) in [5.74, 6) is 0.192. The molecule has 0 spiro atoms. The summed E-state index contributed by atoms with van der Waals surface area (Å²) in [6.07, 6.45) is 3.98. The molecule has 0 radical (unpaired) electrons. The van der Waals surface area contributed by atoms with Crippen LogP contribution in [0.2, 0.25) is 0 Å². The zero-order chi connectivity index (χ0) is 22.1. The van der Waals surface area contributed by atoms with Crippen LogP contribution in [0.4, 0.5) is 10.1 Å². The van der Waals surface area contributed by atoms with Gasteiger partial charge in [-0.2, -0.15) is 0 Å². The van der Waals surface area contributed by atoms with E-state index in [1.54, 1.807) is 12.1 Å². The van der Waals surface area contributed by atoms with Gasteiger partial charge in [0.05, 0.1) is 18.7 Å². The van der Waals surface area contributed by atoms with Crippen LogP contribution >= 0.6 is 0 Å². The number of amides is 1. The number of carbonyl (C=O) groups excluding carboxylic acids is 1. The van der Waals surface area contributed by atoms with Gasteiger partial charge in [-0.25, -0.2) is 4.39 Å². The Balaban J connectivity index is 1.18. The van der Waals surface area contributed by atoms with E-state index in [0.717, 1.165) is 49.3 Å². The monoisotopic (exact) mass is 434 g/mol. The highest BCUT2D eigenvalue weighted by Gasteiger charge is 2.43. The number of nitrogen functional groups attached to an aromatic ring is 1. The number of hydrogen-bond acceptors (Lipinski definition) is 5. The van der Waals surface area contributed by atoms with Crippen molar-refractivity contribution in [1.29, 1.82) is 0 Å².